The summed E-state index contributed by atoms with van der Waals surface area (Å²) in [6.45, 7) is 1.67. The summed E-state index contributed by atoms with van der Waals surface area (Å²) in [6, 6.07) is 11.0. The number of fused-ring (bicyclic) bond motifs is 1. The van der Waals surface area contributed by atoms with Crippen molar-refractivity contribution in [2.45, 2.75) is 38.6 Å². The molecule has 0 amide bonds. The molecule has 1 fully saturated rings. The number of nitro benzene ring substituents is 1. The highest BCUT2D eigenvalue weighted by Crippen LogP contribution is 2.33. The zero-order chi connectivity index (χ0) is 20.0. The maximum Gasteiger partial charge on any atom is 0.273 e. The van der Waals surface area contributed by atoms with Crippen LogP contribution in [0.15, 0.2) is 40.9 Å². The molecule has 0 unspecified atom stereocenters. The van der Waals surface area contributed by atoms with Crippen LogP contribution in [-0.2, 0) is 0 Å². The Hall–Kier alpha value is -3.62. The number of rotatable bonds is 4. The van der Waals surface area contributed by atoms with E-state index >= 15 is 0 Å². The maximum absolute atomic E-state index is 11.2. The standard InChI is InChI=1S/C20H18N6O3/c1-12-15(7-4-8-17(12)26(27)28)20-21-19(23-29-20)13-9-10-18-16(11-13)22-24-25(18)14-5-2-3-6-14/h4,7-11,14H,2-3,5-6H2,1H3. The predicted molar refractivity (Wildman–Crippen MR) is 105 cm³/mol. The van der Waals surface area contributed by atoms with E-state index in [4.69, 9.17) is 4.52 Å². The molecule has 9 heteroatoms. The summed E-state index contributed by atoms with van der Waals surface area (Å²) in [5.74, 6) is 0.652. The molecule has 146 valence electrons. The van der Waals surface area contributed by atoms with E-state index in [2.05, 4.69) is 20.5 Å². The fourth-order valence-corrected chi connectivity index (χ4v) is 4.00. The van der Waals surface area contributed by atoms with Crippen LogP contribution in [0.3, 0.4) is 0 Å². The SMILES string of the molecule is Cc1c(-c2nc(-c3ccc4c(c3)nnn4C3CCCC3)no2)cccc1[N+](=O)[O-]. The van der Waals surface area contributed by atoms with Gasteiger partial charge in [-0.3, -0.25) is 10.1 Å². The molecule has 2 aromatic heterocycles. The van der Waals surface area contributed by atoms with Gasteiger partial charge in [-0.05, 0) is 44.0 Å². The van der Waals surface area contributed by atoms with Gasteiger partial charge in [0.25, 0.3) is 11.6 Å². The van der Waals surface area contributed by atoms with E-state index in [1.165, 1.54) is 18.9 Å². The van der Waals surface area contributed by atoms with Gasteiger partial charge in [0.15, 0.2) is 0 Å². The molecule has 5 rings (SSSR count). The number of benzene rings is 2. The van der Waals surface area contributed by atoms with E-state index in [0.717, 1.165) is 29.4 Å². The van der Waals surface area contributed by atoms with Gasteiger partial charge in [-0.1, -0.05) is 29.3 Å². The average molecular weight is 390 g/mol. The minimum Gasteiger partial charge on any atom is -0.334 e. The van der Waals surface area contributed by atoms with E-state index in [-0.39, 0.29) is 11.6 Å². The lowest BCUT2D eigenvalue weighted by molar-refractivity contribution is -0.385. The van der Waals surface area contributed by atoms with Gasteiger partial charge in [-0.15, -0.1) is 5.10 Å². The first-order valence-corrected chi connectivity index (χ1v) is 9.55. The second kappa shape index (κ2) is 6.77. The van der Waals surface area contributed by atoms with Crippen molar-refractivity contribution >= 4 is 16.7 Å². The molecular weight excluding hydrogens is 372 g/mol. The first kappa shape index (κ1) is 17.5. The molecule has 0 radical (unpaired) electrons. The van der Waals surface area contributed by atoms with Crippen LogP contribution in [0.25, 0.3) is 33.9 Å². The molecular formula is C20H18N6O3. The molecule has 2 heterocycles. The lowest BCUT2D eigenvalue weighted by Gasteiger charge is -2.09. The van der Waals surface area contributed by atoms with Gasteiger partial charge in [-0.2, -0.15) is 4.98 Å². The highest BCUT2D eigenvalue weighted by molar-refractivity contribution is 5.80. The molecule has 4 aromatic rings. The van der Waals surface area contributed by atoms with Crippen LogP contribution in [0.1, 0.15) is 37.3 Å². The molecule has 0 bridgehead atoms. The molecule has 1 aliphatic rings. The van der Waals surface area contributed by atoms with E-state index in [1.807, 2.05) is 22.9 Å². The second-order valence-electron chi connectivity index (χ2n) is 7.31. The number of hydrogen-bond acceptors (Lipinski definition) is 7. The third-order valence-corrected chi connectivity index (χ3v) is 5.56. The Labute approximate surface area is 165 Å². The summed E-state index contributed by atoms with van der Waals surface area (Å²) in [5.41, 5.74) is 3.60. The summed E-state index contributed by atoms with van der Waals surface area (Å²) in [5, 5.41) is 23.9. The van der Waals surface area contributed by atoms with E-state index in [1.54, 1.807) is 19.1 Å². The molecule has 1 aliphatic carbocycles. The number of nitrogens with zero attached hydrogens (tertiary/aromatic N) is 6. The molecule has 0 saturated heterocycles. The summed E-state index contributed by atoms with van der Waals surface area (Å²) in [4.78, 5) is 15.2. The van der Waals surface area contributed by atoms with Gasteiger partial charge >= 0.3 is 0 Å². The number of hydrogen-bond donors (Lipinski definition) is 0. The summed E-state index contributed by atoms with van der Waals surface area (Å²) < 4.78 is 7.41. The van der Waals surface area contributed by atoms with Gasteiger partial charge in [0.05, 0.1) is 16.5 Å². The Kier molecular flexibility index (Phi) is 4.08. The van der Waals surface area contributed by atoms with Crippen molar-refractivity contribution in [3.63, 3.8) is 0 Å². The van der Waals surface area contributed by atoms with Crippen LogP contribution in [0.5, 0.6) is 0 Å². The fourth-order valence-electron chi connectivity index (χ4n) is 4.00. The van der Waals surface area contributed by atoms with Gasteiger partial charge in [0, 0.05) is 22.8 Å². The number of nitro groups is 1. The Morgan fingerprint density at radius 3 is 2.83 bits per heavy atom. The summed E-state index contributed by atoms with van der Waals surface area (Å²) >= 11 is 0. The van der Waals surface area contributed by atoms with E-state index in [0.29, 0.717) is 23.0 Å². The molecule has 0 aliphatic heterocycles. The van der Waals surface area contributed by atoms with Gasteiger partial charge in [0.2, 0.25) is 5.82 Å². The Bertz CT molecular complexity index is 1220. The zero-order valence-electron chi connectivity index (χ0n) is 15.8. The monoisotopic (exact) mass is 390 g/mol. The molecule has 9 nitrogen and oxygen atoms in total. The highest BCUT2D eigenvalue weighted by atomic mass is 16.6. The van der Waals surface area contributed by atoms with Gasteiger partial charge < -0.3 is 4.52 Å². The Morgan fingerprint density at radius 1 is 1.21 bits per heavy atom. The third kappa shape index (κ3) is 2.95. The minimum absolute atomic E-state index is 0.0206. The van der Waals surface area contributed by atoms with Crippen molar-refractivity contribution in [3.8, 4) is 22.8 Å². The molecule has 0 atom stereocenters. The van der Waals surface area contributed by atoms with Crippen LogP contribution in [0.2, 0.25) is 0 Å². The first-order chi connectivity index (χ1) is 14.1. The second-order valence-corrected chi connectivity index (χ2v) is 7.31. The van der Waals surface area contributed by atoms with E-state index < -0.39 is 4.92 Å². The van der Waals surface area contributed by atoms with Crippen molar-refractivity contribution in [2.24, 2.45) is 0 Å². The fraction of sp³-hybridized carbons (Fsp3) is 0.300. The third-order valence-electron chi connectivity index (χ3n) is 5.56. The normalized spacial score (nSPS) is 14.7. The Morgan fingerprint density at radius 2 is 2.03 bits per heavy atom. The van der Waals surface area contributed by atoms with Crippen LogP contribution in [0, 0.1) is 17.0 Å². The average Bonchev–Trinajstić information content (AvgIpc) is 3.47. The van der Waals surface area contributed by atoms with E-state index in [9.17, 15) is 10.1 Å². The first-order valence-electron chi connectivity index (χ1n) is 9.55. The maximum atomic E-state index is 11.2. The lowest BCUT2D eigenvalue weighted by Crippen LogP contribution is -2.06. The van der Waals surface area contributed by atoms with Crippen LogP contribution >= 0.6 is 0 Å². The van der Waals surface area contributed by atoms with Crippen molar-refractivity contribution in [1.29, 1.82) is 0 Å². The van der Waals surface area contributed by atoms with Crippen molar-refractivity contribution in [2.75, 3.05) is 0 Å². The van der Waals surface area contributed by atoms with Crippen LogP contribution in [-0.4, -0.2) is 30.1 Å². The molecule has 2 aromatic carbocycles. The summed E-state index contributed by atoms with van der Waals surface area (Å²) in [6.07, 6.45) is 4.73. The zero-order valence-corrected chi connectivity index (χ0v) is 15.8. The van der Waals surface area contributed by atoms with Crippen molar-refractivity contribution in [1.82, 2.24) is 25.1 Å². The molecule has 0 N–H and O–H groups in total. The minimum atomic E-state index is -0.419. The largest absolute Gasteiger partial charge is 0.334 e. The predicted octanol–water partition coefficient (Wildman–Crippen LogP) is 4.48. The van der Waals surface area contributed by atoms with Crippen LogP contribution in [0.4, 0.5) is 5.69 Å². The highest BCUT2D eigenvalue weighted by Gasteiger charge is 2.22. The summed E-state index contributed by atoms with van der Waals surface area (Å²) in [7, 11) is 0. The van der Waals surface area contributed by atoms with Gasteiger partial charge in [0.1, 0.15) is 5.52 Å². The number of aromatic nitrogens is 5. The smallest absolute Gasteiger partial charge is 0.273 e. The Balaban J connectivity index is 1.50. The molecule has 0 spiro atoms. The van der Waals surface area contributed by atoms with Gasteiger partial charge in [-0.25, -0.2) is 4.68 Å². The molecule has 1 saturated carbocycles. The lowest BCUT2D eigenvalue weighted by atomic mass is 10.1. The topological polar surface area (TPSA) is 113 Å². The molecule has 29 heavy (non-hydrogen) atoms. The van der Waals surface area contributed by atoms with Crippen LogP contribution < -0.4 is 0 Å². The quantitative estimate of drug-likeness (QED) is 0.373. The van der Waals surface area contributed by atoms with Crippen molar-refractivity contribution in [3.05, 3.63) is 52.1 Å². The van der Waals surface area contributed by atoms with Crippen molar-refractivity contribution < 1.29 is 9.45 Å².